The van der Waals surface area contributed by atoms with Crippen molar-refractivity contribution in [3.8, 4) is 0 Å². The fraction of sp³-hybridized carbons (Fsp3) is 0.333. The third kappa shape index (κ3) is 2.59. The van der Waals surface area contributed by atoms with Crippen molar-refractivity contribution in [3.63, 3.8) is 0 Å². The fourth-order valence-corrected chi connectivity index (χ4v) is 3.57. The molecule has 1 saturated heterocycles. The van der Waals surface area contributed by atoms with Gasteiger partial charge in [0.15, 0.2) is 0 Å². The average Bonchev–Trinajstić information content (AvgIpc) is 3.26. The summed E-state index contributed by atoms with van der Waals surface area (Å²) in [7, 11) is 2.18. The van der Waals surface area contributed by atoms with Crippen molar-refractivity contribution in [1.82, 2.24) is 19.9 Å². The highest BCUT2D eigenvalue weighted by Gasteiger charge is 2.21. The van der Waals surface area contributed by atoms with Gasteiger partial charge in [0, 0.05) is 17.1 Å². The van der Waals surface area contributed by atoms with Crippen LogP contribution >= 0.6 is 0 Å². The number of benzene rings is 1. The maximum absolute atomic E-state index is 11.6. The summed E-state index contributed by atoms with van der Waals surface area (Å²) in [6.07, 6.45) is 8.51. The molecule has 1 aliphatic rings. The van der Waals surface area contributed by atoms with E-state index in [9.17, 15) is 4.79 Å². The van der Waals surface area contributed by atoms with E-state index in [1.165, 1.54) is 23.8 Å². The first-order valence-electron chi connectivity index (χ1n) is 8.29. The lowest BCUT2D eigenvalue weighted by atomic mass is 9.89. The summed E-state index contributed by atoms with van der Waals surface area (Å²) in [5.41, 5.74) is 3.31. The Morgan fingerprint density at radius 1 is 1.29 bits per heavy atom. The molecule has 1 aliphatic heterocycles. The highest BCUT2D eigenvalue weighted by molar-refractivity contribution is 5.92. The second kappa shape index (κ2) is 6.13. The van der Waals surface area contributed by atoms with Gasteiger partial charge in [-0.25, -0.2) is 4.98 Å². The van der Waals surface area contributed by atoms with Crippen molar-refractivity contribution >= 4 is 28.8 Å². The Morgan fingerprint density at radius 2 is 2.12 bits per heavy atom. The van der Waals surface area contributed by atoms with Gasteiger partial charge < -0.3 is 14.9 Å². The Balaban J connectivity index is 1.72. The smallest absolute Gasteiger partial charge is 0.219 e. The second-order valence-electron chi connectivity index (χ2n) is 6.46. The molecule has 1 aromatic carbocycles. The highest BCUT2D eigenvalue weighted by Crippen LogP contribution is 2.35. The number of fused-ring (bicyclic) bond motifs is 1. The topological polar surface area (TPSA) is 68.0 Å². The Bertz CT molecular complexity index is 830. The molecule has 4 rings (SSSR count). The van der Waals surface area contributed by atoms with Crippen LogP contribution in [0.4, 0.5) is 11.5 Å². The van der Waals surface area contributed by atoms with Crippen LogP contribution in [-0.4, -0.2) is 46.4 Å². The number of piperidine rings is 1. The molecule has 2 N–H and O–H groups in total. The molecule has 3 heterocycles. The zero-order chi connectivity index (χ0) is 16.5. The van der Waals surface area contributed by atoms with E-state index in [1.807, 2.05) is 12.1 Å². The number of hydrogen-bond acceptors (Lipinski definition) is 3. The second-order valence-corrected chi connectivity index (χ2v) is 6.46. The maximum Gasteiger partial charge on any atom is 0.219 e. The Labute approximate surface area is 140 Å². The van der Waals surface area contributed by atoms with Gasteiger partial charge in [0.05, 0.1) is 18.2 Å². The van der Waals surface area contributed by atoms with Gasteiger partial charge in [0.1, 0.15) is 5.82 Å². The first-order chi connectivity index (χ1) is 11.8. The van der Waals surface area contributed by atoms with Crippen molar-refractivity contribution in [2.75, 3.05) is 25.0 Å². The first-order valence-corrected chi connectivity index (χ1v) is 8.29. The van der Waals surface area contributed by atoms with Crippen molar-refractivity contribution in [3.05, 3.63) is 42.5 Å². The molecule has 6 heteroatoms. The zero-order valence-corrected chi connectivity index (χ0v) is 13.7. The van der Waals surface area contributed by atoms with Crippen LogP contribution < -0.4 is 4.90 Å². The predicted molar refractivity (Wildman–Crippen MR) is 94.6 cm³/mol. The van der Waals surface area contributed by atoms with E-state index < -0.39 is 0 Å². The summed E-state index contributed by atoms with van der Waals surface area (Å²) in [5, 5.41) is 1.20. The van der Waals surface area contributed by atoms with Crippen molar-refractivity contribution < 1.29 is 4.79 Å². The number of hydrogen-bond donors (Lipinski definition) is 2. The summed E-state index contributed by atoms with van der Waals surface area (Å²) in [5.74, 6) is 1.24. The summed E-state index contributed by atoms with van der Waals surface area (Å²) < 4.78 is 0. The monoisotopic (exact) mass is 323 g/mol. The molecule has 0 radical (unpaired) electrons. The molecular formula is C18H21N5O. The number of H-pyrrole nitrogens is 2. The number of carbonyl (C=O) groups is 1. The van der Waals surface area contributed by atoms with Crippen molar-refractivity contribution in [1.29, 1.82) is 0 Å². The van der Waals surface area contributed by atoms with E-state index in [4.69, 9.17) is 0 Å². The van der Waals surface area contributed by atoms with Gasteiger partial charge in [0.2, 0.25) is 6.41 Å². The van der Waals surface area contributed by atoms with Gasteiger partial charge in [-0.2, -0.15) is 0 Å². The molecule has 6 nitrogen and oxygen atoms in total. The number of carbonyl (C=O) groups excluding carboxylic acids is 1. The first kappa shape index (κ1) is 15.0. The molecule has 0 saturated carbocycles. The predicted octanol–water partition coefficient (Wildman–Crippen LogP) is 2.99. The molecule has 24 heavy (non-hydrogen) atoms. The van der Waals surface area contributed by atoms with Gasteiger partial charge >= 0.3 is 0 Å². The van der Waals surface area contributed by atoms with Crippen molar-refractivity contribution in [2.45, 2.75) is 18.8 Å². The quantitative estimate of drug-likeness (QED) is 0.725. The van der Waals surface area contributed by atoms with E-state index in [0.717, 1.165) is 30.7 Å². The van der Waals surface area contributed by atoms with Gasteiger partial charge in [0.25, 0.3) is 0 Å². The number of imidazole rings is 1. The van der Waals surface area contributed by atoms with E-state index in [1.54, 1.807) is 17.4 Å². The minimum atomic E-state index is 0.571. The number of rotatable bonds is 4. The molecule has 0 bridgehead atoms. The van der Waals surface area contributed by atoms with Gasteiger partial charge in [-0.1, -0.05) is 0 Å². The third-order valence-corrected chi connectivity index (χ3v) is 4.98. The molecular weight excluding hydrogens is 302 g/mol. The molecule has 0 atom stereocenters. The largest absolute Gasteiger partial charge is 0.361 e. The minimum absolute atomic E-state index is 0.571. The summed E-state index contributed by atoms with van der Waals surface area (Å²) in [6, 6.07) is 6.08. The fourth-order valence-electron chi connectivity index (χ4n) is 3.57. The normalized spacial score (nSPS) is 16.5. The third-order valence-electron chi connectivity index (χ3n) is 4.98. The Kier molecular flexibility index (Phi) is 3.82. The number of aromatic amines is 2. The van der Waals surface area contributed by atoms with E-state index in [-0.39, 0.29) is 0 Å². The molecule has 0 aliphatic carbocycles. The number of amides is 1. The van der Waals surface area contributed by atoms with Crippen LogP contribution in [0.1, 0.15) is 24.3 Å². The lowest BCUT2D eigenvalue weighted by molar-refractivity contribution is -0.106. The SMILES string of the molecule is CN1CCC(c2c[nH]c3ccc(N(C=O)c4cnc[nH]4)cc23)CC1. The Hall–Kier alpha value is -2.60. The van der Waals surface area contributed by atoms with Crippen LogP contribution in [0.5, 0.6) is 0 Å². The standard InChI is InChI=1S/C18H21N5O/c1-22-6-4-13(5-7-22)16-9-20-17-3-2-14(8-15(16)17)23(12-24)18-10-19-11-21-18/h2-3,8-13,20H,4-7H2,1H3,(H,19,21). The summed E-state index contributed by atoms with van der Waals surface area (Å²) in [4.78, 5) is 25.9. The molecule has 1 fully saturated rings. The van der Waals surface area contributed by atoms with Gasteiger partial charge in [-0.3, -0.25) is 9.69 Å². The molecule has 1 amide bonds. The minimum Gasteiger partial charge on any atom is -0.361 e. The van der Waals surface area contributed by atoms with Gasteiger partial charge in [-0.15, -0.1) is 0 Å². The van der Waals surface area contributed by atoms with E-state index in [2.05, 4.69) is 39.2 Å². The number of likely N-dealkylation sites (tertiary alicyclic amines) is 1. The number of aromatic nitrogens is 3. The molecule has 2 aromatic heterocycles. The Morgan fingerprint density at radius 3 is 2.83 bits per heavy atom. The lowest BCUT2D eigenvalue weighted by Crippen LogP contribution is -2.29. The van der Waals surface area contributed by atoms with Crippen LogP contribution in [0.25, 0.3) is 10.9 Å². The summed E-state index contributed by atoms with van der Waals surface area (Å²) >= 11 is 0. The van der Waals surface area contributed by atoms with Crippen LogP contribution in [0.15, 0.2) is 36.9 Å². The molecule has 0 unspecified atom stereocenters. The van der Waals surface area contributed by atoms with E-state index >= 15 is 0 Å². The van der Waals surface area contributed by atoms with Gasteiger partial charge in [-0.05, 0) is 62.7 Å². The van der Waals surface area contributed by atoms with Crippen LogP contribution in [0, 0.1) is 0 Å². The van der Waals surface area contributed by atoms with Crippen LogP contribution in [0.3, 0.4) is 0 Å². The molecule has 3 aromatic rings. The maximum atomic E-state index is 11.6. The number of nitrogens with zero attached hydrogens (tertiary/aromatic N) is 3. The van der Waals surface area contributed by atoms with Crippen molar-refractivity contribution in [2.24, 2.45) is 0 Å². The van der Waals surface area contributed by atoms with Crippen LogP contribution in [-0.2, 0) is 4.79 Å². The zero-order valence-electron chi connectivity index (χ0n) is 13.7. The highest BCUT2D eigenvalue weighted by atomic mass is 16.1. The summed E-state index contributed by atoms with van der Waals surface area (Å²) in [6.45, 7) is 2.26. The van der Waals surface area contributed by atoms with Crippen LogP contribution in [0.2, 0.25) is 0 Å². The lowest BCUT2D eigenvalue weighted by Gasteiger charge is -2.28. The molecule has 124 valence electrons. The molecule has 0 spiro atoms. The number of anilines is 2. The average molecular weight is 323 g/mol. The number of nitrogens with one attached hydrogen (secondary N) is 2. The van der Waals surface area contributed by atoms with E-state index in [0.29, 0.717) is 11.7 Å².